The highest BCUT2D eigenvalue weighted by Crippen LogP contribution is 2.33. The molecule has 6 heteroatoms. The Bertz CT molecular complexity index is 1190. The maximum absolute atomic E-state index is 12.8. The molecule has 1 amide bonds. The molecule has 0 aliphatic carbocycles. The van der Waals surface area contributed by atoms with Crippen LogP contribution >= 0.6 is 0 Å². The minimum atomic E-state index is 0. The van der Waals surface area contributed by atoms with Gasteiger partial charge in [0, 0.05) is 18.7 Å². The second-order valence-electron chi connectivity index (χ2n) is 12.6. The topological polar surface area (TPSA) is 52.7 Å². The summed E-state index contributed by atoms with van der Waals surface area (Å²) in [5.41, 5.74) is 4.58. The highest BCUT2D eigenvalue weighted by molar-refractivity contribution is 5.91. The zero-order valence-electron chi connectivity index (χ0n) is 28.1. The fraction of sp³-hybridized carbons (Fsp3) is 0.579. The molecule has 244 valence electrons. The molecule has 5 nitrogen and oxygen atoms in total. The van der Waals surface area contributed by atoms with E-state index in [9.17, 15) is 4.79 Å². The third kappa shape index (κ3) is 12.4. The molecular formula is C38H57BrN2O3. The molecule has 1 heterocycles. The van der Waals surface area contributed by atoms with Crippen molar-refractivity contribution in [1.82, 2.24) is 0 Å². The molecule has 1 unspecified atom stereocenters. The van der Waals surface area contributed by atoms with E-state index in [0.29, 0.717) is 13.2 Å². The van der Waals surface area contributed by atoms with Gasteiger partial charge in [0.05, 0.1) is 25.7 Å². The number of ether oxygens (including phenoxy) is 2. The first-order valence-electron chi connectivity index (χ1n) is 16.8. The van der Waals surface area contributed by atoms with E-state index in [1.165, 1.54) is 81.8 Å². The molecule has 2 aromatic rings. The van der Waals surface area contributed by atoms with Crippen LogP contribution in [0.5, 0.6) is 11.5 Å². The van der Waals surface area contributed by atoms with Crippen LogP contribution in [0.3, 0.4) is 0 Å². The number of anilines is 1. The standard InChI is InChI=1S/C38H56N2O3.BrH/c1-6-7-8-9-10-11-12-13-14-15-16-17-25-43-37-27-34(21-22-36(37)42-5)29-40(32(3)41)35-20-18-19-33(26-35)28-38(4)30-39-24-23-31(38)2;/h18-24,26-27H,6-17,25,28-30H2,1-5H3;1H. The minimum Gasteiger partial charge on any atom is -1.00 e. The zero-order valence-corrected chi connectivity index (χ0v) is 29.6. The Morgan fingerprint density at radius 2 is 1.55 bits per heavy atom. The Hall–Kier alpha value is -2.60. The van der Waals surface area contributed by atoms with E-state index in [1.807, 2.05) is 35.4 Å². The van der Waals surface area contributed by atoms with Gasteiger partial charge in [-0.05, 0) is 62.1 Å². The first-order valence-corrected chi connectivity index (χ1v) is 16.8. The van der Waals surface area contributed by atoms with Crippen LogP contribution in [0.15, 0.2) is 54.1 Å². The van der Waals surface area contributed by atoms with E-state index in [0.717, 1.165) is 42.1 Å². The fourth-order valence-corrected chi connectivity index (χ4v) is 5.92. The van der Waals surface area contributed by atoms with Crippen molar-refractivity contribution in [2.24, 2.45) is 5.41 Å². The average Bonchev–Trinajstić information content (AvgIpc) is 3.00. The van der Waals surface area contributed by atoms with Crippen molar-refractivity contribution in [2.75, 3.05) is 25.2 Å². The molecule has 0 saturated carbocycles. The molecule has 0 saturated heterocycles. The van der Waals surface area contributed by atoms with Gasteiger partial charge in [0.1, 0.15) is 6.54 Å². The van der Waals surface area contributed by atoms with Crippen LogP contribution in [0.1, 0.15) is 116 Å². The van der Waals surface area contributed by atoms with Gasteiger partial charge >= 0.3 is 0 Å². The summed E-state index contributed by atoms with van der Waals surface area (Å²) < 4.78 is 11.8. The van der Waals surface area contributed by atoms with Gasteiger partial charge in [-0.25, -0.2) is 4.99 Å². The van der Waals surface area contributed by atoms with Gasteiger partial charge < -0.3 is 31.4 Å². The van der Waals surface area contributed by atoms with Gasteiger partial charge in [-0.2, -0.15) is 0 Å². The number of carbonyl (C=O) groups is 1. The van der Waals surface area contributed by atoms with E-state index in [4.69, 9.17) is 9.47 Å². The highest BCUT2D eigenvalue weighted by atomic mass is 79.9. The van der Waals surface area contributed by atoms with Crippen LogP contribution in [0, 0.1) is 5.41 Å². The number of rotatable bonds is 20. The molecule has 1 N–H and O–H groups in total. The van der Waals surface area contributed by atoms with Crippen molar-refractivity contribution in [3.63, 3.8) is 0 Å². The summed E-state index contributed by atoms with van der Waals surface area (Å²) in [4.78, 5) is 18.1. The summed E-state index contributed by atoms with van der Waals surface area (Å²) in [7, 11) is 1.68. The first-order chi connectivity index (χ1) is 20.9. The number of benzene rings is 2. The maximum atomic E-state index is 12.8. The fourth-order valence-electron chi connectivity index (χ4n) is 5.92. The molecule has 1 aliphatic heterocycles. The quantitative estimate of drug-likeness (QED) is 0.202. The normalized spacial score (nSPS) is 15.8. The molecule has 0 aromatic heterocycles. The second kappa shape index (κ2) is 20.4. The average molecular weight is 670 g/mol. The lowest BCUT2D eigenvalue weighted by molar-refractivity contribution is -0.469. The number of unbranched alkanes of at least 4 members (excludes halogenated alkanes) is 11. The van der Waals surface area contributed by atoms with Gasteiger partial charge in [-0.3, -0.25) is 4.79 Å². The molecule has 0 fully saturated rings. The third-order valence-electron chi connectivity index (χ3n) is 8.92. The number of hydrogen-bond donors (Lipinski definition) is 1. The lowest BCUT2D eigenvalue weighted by Gasteiger charge is -2.29. The lowest BCUT2D eigenvalue weighted by atomic mass is 9.76. The monoisotopic (exact) mass is 668 g/mol. The molecule has 1 atom stereocenters. The van der Waals surface area contributed by atoms with Gasteiger partial charge in [0.25, 0.3) is 0 Å². The third-order valence-corrected chi connectivity index (χ3v) is 8.92. The first kappa shape index (κ1) is 37.6. The predicted molar refractivity (Wildman–Crippen MR) is 180 cm³/mol. The largest absolute Gasteiger partial charge is 1.00 e. The Kier molecular flexibility index (Phi) is 17.5. The van der Waals surface area contributed by atoms with Crippen molar-refractivity contribution in [3.8, 4) is 11.5 Å². The van der Waals surface area contributed by atoms with Crippen molar-refractivity contribution in [2.45, 2.75) is 118 Å². The van der Waals surface area contributed by atoms with E-state index in [-0.39, 0.29) is 28.3 Å². The van der Waals surface area contributed by atoms with Crippen LogP contribution < -0.4 is 36.3 Å². The van der Waals surface area contributed by atoms with E-state index in [2.05, 4.69) is 50.0 Å². The molecule has 0 bridgehead atoms. The molecular weight excluding hydrogens is 612 g/mol. The summed E-state index contributed by atoms with van der Waals surface area (Å²) in [5, 5.41) is 0. The van der Waals surface area contributed by atoms with Crippen molar-refractivity contribution >= 4 is 17.8 Å². The number of amides is 1. The van der Waals surface area contributed by atoms with Gasteiger partial charge in [-0.15, -0.1) is 0 Å². The Morgan fingerprint density at radius 1 is 0.886 bits per heavy atom. The Balaban J connectivity index is 0.00000675. The SMILES string of the molecule is CCCCCCCCCCCCCCOc1cc(CN(C(C)=O)c2cccc(CC3(C)C[NH+]=CC=C3C)c2)ccc1OC.[Br-]. The number of halogens is 1. The summed E-state index contributed by atoms with van der Waals surface area (Å²) in [5.74, 6) is 1.49. The molecule has 1 aliphatic rings. The maximum Gasteiger partial charge on any atom is 0.224 e. The van der Waals surface area contributed by atoms with Gasteiger partial charge in [0.2, 0.25) is 5.91 Å². The van der Waals surface area contributed by atoms with E-state index < -0.39 is 0 Å². The molecule has 44 heavy (non-hydrogen) atoms. The number of hydrogen-bond acceptors (Lipinski definition) is 3. The van der Waals surface area contributed by atoms with Crippen LogP contribution in [-0.4, -0.2) is 32.4 Å². The predicted octanol–water partition coefficient (Wildman–Crippen LogP) is 4.99. The smallest absolute Gasteiger partial charge is 0.224 e. The lowest BCUT2D eigenvalue weighted by Crippen LogP contribution is -3.00. The summed E-state index contributed by atoms with van der Waals surface area (Å²) >= 11 is 0. The van der Waals surface area contributed by atoms with Crippen LogP contribution in [0.2, 0.25) is 0 Å². The number of carbonyl (C=O) groups excluding carboxylic acids is 1. The molecule has 0 spiro atoms. The van der Waals surface area contributed by atoms with E-state index in [1.54, 1.807) is 14.0 Å². The highest BCUT2D eigenvalue weighted by Gasteiger charge is 2.31. The number of allylic oxidation sites excluding steroid dienone is 1. The summed E-state index contributed by atoms with van der Waals surface area (Å²) in [6, 6.07) is 14.4. The zero-order chi connectivity index (χ0) is 30.9. The van der Waals surface area contributed by atoms with Crippen molar-refractivity contribution in [1.29, 1.82) is 0 Å². The number of nitrogens with one attached hydrogen (secondary N) is 1. The van der Waals surface area contributed by atoms with Crippen molar-refractivity contribution < 1.29 is 36.2 Å². The van der Waals surface area contributed by atoms with Crippen molar-refractivity contribution in [3.05, 3.63) is 65.2 Å². The summed E-state index contributed by atoms with van der Waals surface area (Å²) in [6.45, 7) is 10.5. The van der Waals surface area contributed by atoms with Crippen LogP contribution in [0.25, 0.3) is 0 Å². The van der Waals surface area contributed by atoms with Gasteiger partial charge in [0.15, 0.2) is 17.7 Å². The summed E-state index contributed by atoms with van der Waals surface area (Å²) in [6.07, 6.45) is 21.0. The molecule has 3 rings (SSSR count). The second-order valence-corrected chi connectivity index (χ2v) is 12.6. The Labute approximate surface area is 278 Å². The van der Waals surface area contributed by atoms with E-state index >= 15 is 0 Å². The number of methoxy groups -OCH3 is 1. The number of nitrogens with zero attached hydrogens (tertiary/aromatic N) is 1. The van der Waals surface area contributed by atoms with Crippen LogP contribution in [0.4, 0.5) is 5.69 Å². The Morgan fingerprint density at radius 3 is 2.16 bits per heavy atom. The van der Waals surface area contributed by atoms with Gasteiger partial charge in [-0.1, -0.05) is 101 Å². The van der Waals surface area contributed by atoms with Crippen LogP contribution in [-0.2, 0) is 17.8 Å². The molecule has 0 radical (unpaired) electrons. The minimum absolute atomic E-state index is 0. The molecule has 2 aromatic carbocycles.